The smallest absolute Gasteiger partial charge is 0.119 e. The quantitative estimate of drug-likeness (QED) is 0.797. The minimum absolute atomic E-state index is 0.244. The Balaban J connectivity index is 2.39. The van der Waals surface area contributed by atoms with E-state index in [0.29, 0.717) is 6.04 Å². The summed E-state index contributed by atoms with van der Waals surface area (Å²) < 4.78 is 5.60. The van der Waals surface area contributed by atoms with E-state index >= 15 is 0 Å². The van der Waals surface area contributed by atoms with Crippen LogP contribution in [0.1, 0.15) is 33.3 Å². The highest BCUT2D eigenvalue weighted by molar-refractivity contribution is 5.27. The molecule has 0 aliphatic heterocycles. The molecule has 16 heavy (non-hydrogen) atoms. The van der Waals surface area contributed by atoms with Crippen LogP contribution in [0.5, 0.6) is 5.75 Å². The lowest BCUT2D eigenvalue weighted by Gasteiger charge is -2.11. The van der Waals surface area contributed by atoms with E-state index in [1.807, 2.05) is 26.0 Å². The minimum atomic E-state index is 0.244. The number of hydrogen-bond acceptors (Lipinski definition) is 2. The largest absolute Gasteiger partial charge is 0.491 e. The molecule has 0 unspecified atom stereocenters. The third-order valence-corrected chi connectivity index (χ3v) is 2.26. The van der Waals surface area contributed by atoms with Crippen LogP contribution in [0.15, 0.2) is 24.3 Å². The topological polar surface area (TPSA) is 21.3 Å². The molecular weight excluding hydrogens is 198 g/mol. The van der Waals surface area contributed by atoms with Gasteiger partial charge in [-0.3, -0.25) is 0 Å². The standard InChI is InChI=1S/C14H23NO/c1-11(2)15-10-9-13-5-7-14(8-6-13)16-12(3)4/h5-8,11-12,15H,9-10H2,1-4H3. The average Bonchev–Trinajstić information content (AvgIpc) is 2.19. The van der Waals surface area contributed by atoms with E-state index < -0.39 is 0 Å². The van der Waals surface area contributed by atoms with Crippen LogP contribution in [0.2, 0.25) is 0 Å². The fourth-order valence-electron chi connectivity index (χ4n) is 1.51. The van der Waals surface area contributed by atoms with Crippen molar-refractivity contribution >= 4 is 0 Å². The minimum Gasteiger partial charge on any atom is -0.491 e. The first kappa shape index (κ1) is 13.0. The summed E-state index contributed by atoms with van der Waals surface area (Å²) >= 11 is 0. The van der Waals surface area contributed by atoms with Crippen molar-refractivity contribution < 1.29 is 4.74 Å². The molecule has 0 amide bonds. The molecule has 0 aromatic heterocycles. The molecule has 2 heteroatoms. The van der Waals surface area contributed by atoms with Gasteiger partial charge in [0.25, 0.3) is 0 Å². The van der Waals surface area contributed by atoms with Gasteiger partial charge in [-0.15, -0.1) is 0 Å². The van der Waals surface area contributed by atoms with Crippen LogP contribution >= 0.6 is 0 Å². The van der Waals surface area contributed by atoms with Gasteiger partial charge in [0.1, 0.15) is 5.75 Å². The maximum atomic E-state index is 5.60. The van der Waals surface area contributed by atoms with Crippen LogP contribution in [-0.2, 0) is 6.42 Å². The lowest BCUT2D eigenvalue weighted by Crippen LogP contribution is -2.24. The second kappa shape index (κ2) is 6.54. The molecule has 1 N–H and O–H groups in total. The summed E-state index contributed by atoms with van der Waals surface area (Å²) in [6, 6.07) is 8.93. The highest BCUT2D eigenvalue weighted by Crippen LogP contribution is 2.13. The molecule has 0 aliphatic rings. The third-order valence-electron chi connectivity index (χ3n) is 2.26. The zero-order valence-corrected chi connectivity index (χ0v) is 10.8. The first-order valence-corrected chi connectivity index (χ1v) is 6.07. The maximum absolute atomic E-state index is 5.60. The molecule has 1 aromatic carbocycles. The Morgan fingerprint density at radius 3 is 2.19 bits per heavy atom. The molecular formula is C14H23NO. The summed E-state index contributed by atoms with van der Waals surface area (Å²) in [5, 5.41) is 3.41. The van der Waals surface area contributed by atoms with Crippen molar-refractivity contribution in [2.75, 3.05) is 6.54 Å². The Bertz CT molecular complexity index is 290. The van der Waals surface area contributed by atoms with E-state index in [-0.39, 0.29) is 6.10 Å². The molecule has 0 saturated heterocycles. The molecule has 0 heterocycles. The fraction of sp³-hybridized carbons (Fsp3) is 0.571. The molecule has 0 atom stereocenters. The normalized spacial score (nSPS) is 11.1. The van der Waals surface area contributed by atoms with Crippen LogP contribution in [0.4, 0.5) is 0 Å². The Hall–Kier alpha value is -1.02. The van der Waals surface area contributed by atoms with Crippen molar-refractivity contribution in [2.45, 2.75) is 46.3 Å². The van der Waals surface area contributed by atoms with Crippen molar-refractivity contribution in [3.63, 3.8) is 0 Å². The van der Waals surface area contributed by atoms with Gasteiger partial charge < -0.3 is 10.1 Å². The summed E-state index contributed by atoms with van der Waals surface area (Å²) in [5.74, 6) is 0.954. The van der Waals surface area contributed by atoms with Crippen LogP contribution in [0.25, 0.3) is 0 Å². The van der Waals surface area contributed by atoms with Gasteiger partial charge in [-0.05, 0) is 44.5 Å². The van der Waals surface area contributed by atoms with Crippen LogP contribution in [0, 0.1) is 0 Å². The first-order valence-electron chi connectivity index (χ1n) is 6.07. The van der Waals surface area contributed by atoms with Crippen molar-refractivity contribution in [3.8, 4) is 5.75 Å². The Morgan fingerprint density at radius 2 is 1.69 bits per heavy atom. The molecule has 0 fully saturated rings. The highest BCUT2D eigenvalue weighted by atomic mass is 16.5. The zero-order chi connectivity index (χ0) is 12.0. The van der Waals surface area contributed by atoms with Crippen molar-refractivity contribution in [1.29, 1.82) is 0 Å². The molecule has 0 aliphatic carbocycles. The summed E-state index contributed by atoms with van der Waals surface area (Å²) in [6.07, 6.45) is 1.31. The van der Waals surface area contributed by atoms with E-state index in [9.17, 15) is 0 Å². The molecule has 0 radical (unpaired) electrons. The molecule has 0 saturated carbocycles. The monoisotopic (exact) mass is 221 g/mol. The summed E-state index contributed by atoms with van der Waals surface area (Å²) in [6.45, 7) is 9.45. The Morgan fingerprint density at radius 1 is 1.06 bits per heavy atom. The number of rotatable bonds is 6. The van der Waals surface area contributed by atoms with Gasteiger partial charge in [-0.25, -0.2) is 0 Å². The third kappa shape index (κ3) is 5.17. The lowest BCUT2D eigenvalue weighted by molar-refractivity contribution is 0.242. The molecule has 0 spiro atoms. The zero-order valence-electron chi connectivity index (χ0n) is 10.8. The van der Waals surface area contributed by atoms with Gasteiger partial charge in [-0.2, -0.15) is 0 Å². The van der Waals surface area contributed by atoms with Crippen molar-refractivity contribution in [2.24, 2.45) is 0 Å². The molecule has 90 valence electrons. The van der Waals surface area contributed by atoms with Gasteiger partial charge in [0.15, 0.2) is 0 Å². The maximum Gasteiger partial charge on any atom is 0.119 e. The van der Waals surface area contributed by atoms with E-state index in [0.717, 1.165) is 18.7 Å². The summed E-state index contributed by atoms with van der Waals surface area (Å²) in [7, 11) is 0. The summed E-state index contributed by atoms with van der Waals surface area (Å²) in [5.41, 5.74) is 1.35. The van der Waals surface area contributed by atoms with E-state index in [1.54, 1.807) is 0 Å². The highest BCUT2D eigenvalue weighted by Gasteiger charge is 1.98. The molecule has 1 aromatic rings. The van der Waals surface area contributed by atoms with Gasteiger partial charge in [0, 0.05) is 6.04 Å². The van der Waals surface area contributed by atoms with Gasteiger partial charge in [-0.1, -0.05) is 26.0 Å². The number of nitrogens with one attached hydrogen (secondary N) is 1. The van der Waals surface area contributed by atoms with Gasteiger partial charge in [0.2, 0.25) is 0 Å². The molecule has 2 nitrogen and oxygen atoms in total. The van der Waals surface area contributed by atoms with Crippen LogP contribution in [0.3, 0.4) is 0 Å². The van der Waals surface area contributed by atoms with Crippen molar-refractivity contribution in [3.05, 3.63) is 29.8 Å². The van der Waals surface area contributed by atoms with E-state index in [4.69, 9.17) is 4.74 Å². The molecule has 1 rings (SSSR count). The SMILES string of the molecule is CC(C)NCCc1ccc(OC(C)C)cc1. The number of hydrogen-bond donors (Lipinski definition) is 1. The predicted molar refractivity (Wildman–Crippen MR) is 69.0 cm³/mol. The fourth-order valence-corrected chi connectivity index (χ4v) is 1.51. The lowest BCUT2D eigenvalue weighted by atomic mass is 10.1. The van der Waals surface area contributed by atoms with Crippen LogP contribution < -0.4 is 10.1 Å². The molecule has 0 bridgehead atoms. The predicted octanol–water partition coefficient (Wildman–Crippen LogP) is 3.01. The van der Waals surface area contributed by atoms with E-state index in [1.165, 1.54) is 5.56 Å². The van der Waals surface area contributed by atoms with Gasteiger partial charge >= 0.3 is 0 Å². The first-order chi connectivity index (χ1) is 7.58. The summed E-state index contributed by atoms with van der Waals surface area (Å²) in [4.78, 5) is 0. The Labute approximate surface area is 99.0 Å². The number of benzene rings is 1. The van der Waals surface area contributed by atoms with E-state index in [2.05, 4.69) is 31.3 Å². The number of ether oxygens (including phenoxy) is 1. The van der Waals surface area contributed by atoms with Crippen molar-refractivity contribution in [1.82, 2.24) is 5.32 Å². The second-order valence-electron chi connectivity index (χ2n) is 4.67. The Kier molecular flexibility index (Phi) is 5.33. The second-order valence-corrected chi connectivity index (χ2v) is 4.67. The van der Waals surface area contributed by atoms with Gasteiger partial charge in [0.05, 0.1) is 6.10 Å². The van der Waals surface area contributed by atoms with Crippen LogP contribution in [-0.4, -0.2) is 18.7 Å². The average molecular weight is 221 g/mol.